The van der Waals surface area contributed by atoms with Crippen molar-refractivity contribution in [2.45, 2.75) is 13.2 Å². The summed E-state index contributed by atoms with van der Waals surface area (Å²) in [6.07, 6.45) is 1.40. The van der Waals surface area contributed by atoms with E-state index in [0.29, 0.717) is 45.7 Å². The van der Waals surface area contributed by atoms with Crippen LogP contribution in [0.15, 0.2) is 96.6 Å². The molecule has 41 heavy (non-hydrogen) atoms. The van der Waals surface area contributed by atoms with Crippen molar-refractivity contribution in [3.8, 4) is 23.3 Å². The van der Waals surface area contributed by atoms with Gasteiger partial charge in [-0.1, -0.05) is 41.9 Å². The number of nitro groups is 1. The van der Waals surface area contributed by atoms with Gasteiger partial charge in [-0.3, -0.25) is 14.9 Å². The Morgan fingerprint density at radius 3 is 2.44 bits per heavy atom. The predicted octanol–water partition coefficient (Wildman–Crippen LogP) is 6.96. The van der Waals surface area contributed by atoms with Crippen LogP contribution in [0.25, 0.3) is 6.08 Å². The van der Waals surface area contributed by atoms with Gasteiger partial charge in [0.15, 0.2) is 0 Å². The van der Waals surface area contributed by atoms with Gasteiger partial charge >= 0.3 is 0 Å². The Kier molecular flexibility index (Phi) is 9.54. The molecule has 0 fully saturated rings. The number of amides is 1. The fourth-order valence-electron chi connectivity index (χ4n) is 3.72. The number of nitrogens with zero attached hydrogens (tertiary/aromatic N) is 2. The lowest BCUT2D eigenvalue weighted by Crippen LogP contribution is -2.13. The lowest BCUT2D eigenvalue weighted by Gasteiger charge is -2.12. The summed E-state index contributed by atoms with van der Waals surface area (Å²) in [6, 6.07) is 27.0. The van der Waals surface area contributed by atoms with Crippen molar-refractivity contribution >= 4 is 35.0 Å². The molecule has 4 rings (SSSR count). The number of nitro benzene ring substituents is 1. The zero-order valence-corrected chi connectivity index (χ0v) is 22.6. The van der Waals surface area contributed by atoms with Crippen LogP contribution in [0.1, 0.15) is 16.7 Å². The molecule has 0 spiro atoms. The Labute approximate surface area is 241 Å². The van der Waals surface area contributed by atoms with Crippen molar-refractivity contribution in [2.75, 3.05) is 12.4 Å². The molecule has 10 heteroatoms. The zero-order valence-electron chi connectivity index (χ0n) is 21.9. The molecule has 0 heterocycles. The highest BCUT2D eigenvalue weighted by molar-refractivity contribution is 6.31. The zero-order chi connectivity index (χ0) is 29.2. The highest BCUT2D eigenvalue weighted by Crippen LogP contribution is 2.29. The molecule has 0 radical (unpaired) electrons. The highest BCUT2D eigenvalue weighted by Gasteiger charge is 2.14. The number of non-ortho nitro benzene ring substituents is 1. The predicted molar refractivity (Wildman–Crippen MR) is 155 cm³/mol. The van der Waals surface area contributed by atoms with Crippen LogP contribution in [0.2, 0.25) is 5.02 Å². The van der Waals surface area contributed by atoms with E-state index >= 15 is 0 Å². The molecule has 9 nitrogen and oxygen atoms in total. The summed E-state index contributed by atoms with van der Waals surface area (Å²) < 4.78 is 17.0. The molecule has 1 amide bonds. The second-order valence-corrected chi connectivity index (χ2v) is 9.06. The van der Waals surface area contributed by atoms with Crippen molar-refractivity contribution in [1.82, 2.24) is 0 Å². The van der Waals surface area contributed by atoms with Gasteiger partial charge in [0.2, 0.25) is 0 Å². The van der Waals surface area contributed by atoms with E-state index in [0.717, 1.165) is 5.56 Å². The molecule has 0 unspecified atom stereocenters. The van der Waals surface area contributed by atoms with Gasteiger partial charge in [-0.15, -0.1) is 0 Å². The van der Waals surface area contributed by atoms with Gasteiger partial charge in [0.1, 0.15) is 42.1 Å². The molecule has 4 aromatic rings. The number of hydrogen-bond acceptors (Lipinski definition) is 7. The molecule has 1 N–H and O–H groups in total. The van der Waals surface area contributed by atoms with Crippen molar-refractivity contribution < 1.29 is 23.9 Å². The van der Waals surface area contributed by atoms with Gasteiger partial charge in [0, 0.05) is 40.0 Å². The Balaban J connectivity index is 1.45. The van der Waals surface area contributed by atoms with Gasteiger partial charge in [-0.05, 0) is 54.1 Å². The third-order valence-electron chi connectivity index (χ3n) is 5.87. The van der Waals surface area contributed by atoms with E-state index in [2.05, 4.69) is 5.32 Å². The van der Waals surface area contributed by atoms with Gasteiger partial charge in [0.25, 0.3) is 11.6 Å². The molecular formula is C31H24ClN3O6. The largest absolute Gasteiger partial charge is 0.497 e. The number of carbonyl (C=O) groups excluding carboxylic acids is 1. The summed E-state index contributed by atoms with van der Waals surface area (Å²) in [5.74, 6) is 0.799. The second-order valence-electron chi connectivity index (χ2n) is 8.65. The molecule has 0 bridgehead atoms. The number of benzene rings is 4. The Morgan fingerprint density at radius 2 is 1.73 bits per heavy atom. The van der Waals surface area contributed by atoms with Crippen LogP contribution in [0.3, 0.4) is 0 Å². The van der Waals surface area contributed by atoms with Crippen LogP contribution in [-0.2, 0) is 18.0 Å². The third kappa shape index (κ3) is 7.85. The number of ether oxygens (including phenoxy) is 3. The maximum atomic E-state index is 12.9. The van der Waals surface area contributed by atoms with Crippen LogP contribution in [0.4, 0.5) is 11.4 Å². The molecule has 0 aliphatic carbocycles. The van der Waals surface area contributed by atoms with Crippen LogP contribution in [0.5, 0.6) is 17.2 Å². The van der Waals surface area contributed by atoms with E-state index < -0.39 is 10.8 Å². The number of hydrogen-bond donors (Lipinski definition) is 1. The molecular weight excluding hydrogens is 546 g/mol. The van der Waals surface area contributed by atoms with E-state index in [9.17, 15) is 20.2 Å². The van der Waals surface area contributed by atoms with Crippen molar-refractivity contribution in [3.05, 3.63) is 128 Å². The van der Waals surface area contributed by atoms with Crippen LogP contribution < -0.4 is 19.5 Å². The minimum atomic E-state index is -0.613. The third-order valence-corrected chi connectivity index (χ3v) is 6.23. The Hall–Kier alpha value is -5.33. The summed E-state index contributed by atoms with van der Waals surface area (Å²) in [5, 5.41) is 24.1. The molecule has 0 saturated carbocycles. The van der Waals surface area contributed by atoms with E-state index in [1.807, 2.05) is 24.3 Å². The van der Waals surface area contributed by atoms with Crippen LogP contribution in [0, 0.1) is 21.4 Å². The van der Waals surface area contributed by atoms with Crippen molar-refractivity contribution in [2.24, 2.45) is 0 Å². The first-order valence-corrected chi connectivity index (χ1v) is 12.7. The normalized spacial score (nSPS) is 10.8. The molecule has 0 aliphatic heterocycles. The fraction of sp³-hybridized carbons (Fsp3) is 0.0968. The van der Waals surface area contributed by atoms with Gasteiger partial charge in [-0.2, -0.15) is 5.26 Å². The quantitative estimate of drug-likeness (QED) is 0.0895. The summed E-state index contributed by atoms with van der Waals surface area (Å²) in [5.41, 5.74) is 2.14. The first kappa shape index (κ1) is 28.7. The average Bonchev–Trinajstić information content (AvgIpc) is 2.99. The smallest absolute Gasteiger partial charge is 0.269 e. The number of halogens is 1. The molecule has 0 atom stereocenters. The first-order valence-electron chi connectivity index (χ1n) is 12.3. The summed E-state index contributed by atoms with van der Waals surface area (Å²) >= 11 is 6.17. The van der Waals surface area contributed by atoms with E-state index in [1.165, 1.54) is 25.3 Å². The summed E-state index contributed by atoms with van der Waals surface area (Å²) in [7, 11) is 1.50. The monoisotopic (exact) mass is 569 g/mol. The number of nitriles is 1. The lowest BCUT2D eigenvalue weighted by atomic mass is 10.1. The Morgan fingerprint density at radius 1 is 0.976 bits per heavy atom. The first-order chi connectivity index (χ1) is 19.9. The van der Waals surface area contributed by atoms with Gasteiger partial charge in [0.05, 0.1) is 12.0 Å². The average molecular weight is 570 g/mol. The molecule has 0 aliphatic rings. The Bertz CT molecular complexity index is 1630. The van der Waals surface area contributed by atoms with E-state index in [-0.39, 0.29) is 17.9 Å². The number of carbonyl (C=O) groups is 1. The standard InChI is InChI=1S/C31H24ClN3O6/c1-39-28-12-9-22(30(17-28)41-19-21-5-4-7-26(15-21)35(37)38)16-24(18-33)31(36)34-25-10-13-27(14-11-25)40-20-23-6-2-3-8-29(23)32/h2-17H,19-20H2,1H3,(H,34,36)/b24-16+. The second kappa shape index (κ2) is 13.6. The molecule has 206 valence electrons. The number of nitrogens with one attached hydrogen (secondary N) is 1. The maximum absolute atomic E-state index is 12.9. The van der Waals surface area contributed by atoms with Crippen molar-refractivity contribution in [1.29, 1.82) is 5.26 Å². The molecule has 0 aromatic heterocycles. The van der Waals surface area contributed by atoms with E-state index in [4.69, 9.17) is 25.8 Å². The summed E-state index contributed by atoms with van der Waals surface area (Å²) in [6.45, 7) is 0.314. The highest BCUT2D eigenvalue weighted by atomic mass is 35.5. The topological polar surface area (TPSA) is 124 Å². The SMILES string of the molecule is COc1ccc(/C=C(\C#N)C(=O)Nc2ccc(OCc3ccccc3Cl)cc2)c(OCc2cccc([N+](=O)[O-])c2)c1. The minimum Gasteiger partial charge on any atom is -0.497 e. The maximum Gasteiger partial charge on any atom is 0.269 e. The number of methoxy groups -OCH3 is 1. The minimum absolute atomic E-state index is 0.0225. The van der Waals surface area contributed by atoms with Gasteiger partial charge in [-0.25, -0.2) is 0 Å². The van der Waals surface area contributed by atoms with E-state index in [1.54, 1.807) is 60.7 Å². The van der Waals surface area contributed by atoms with Crippen LogP contribution >= 0.6 is 11.6 Å². The molecule has 0 saturated heterocycles. The number of anilines is 1. The van der Waals surface area contributed by atoms with Gasteiger partial charge < -0.3 is 19.5 Å². The fourth-order valence-corrected chi connectivity index (χ4v) is 3.91. The summed E-state index contributed by atoms with van der Waals surface area (Å²) in [4.78, 5) is 23.5. The van der Waals surface area contributed by atoms with Crippen LogP contribution in [-0.4, -0.2) is 17.9 Å². The van der Waals surface area contributed by atoms with Crippen molar-refractivity contribution in [3.63, 3.8) is 0 Å². The molecule has 4 aromatic carbocycles. The lowest BCUT2D eigenvalue weighted by molar-refractivity contribution is -0.384. The number of rotatable bonds is 11.